The number of ether oxygens (including phenoxy) is 1. The molecule has 1 heteroatoms. The summed E-state index contributed by atoms with van der Waals surface area (Å²) in [4.78, 5) is 0. The van der Waals surface area contributed by atoms with E-state index in [4.69, 9.17) is 11.2 Å². The van der Waals surface area contributed by atoms with Crippen LogP contribution in [0.25, 0.3) is 10.8 Å². The highest BCUT2D eigenvalue weighted by Gasteiger charge is 2.45. The van der Waals surface area contributed by atoms with Crippen LogP contribution in [0.15, 0.2) is 36.4 Å². The minimum atomic E-state index is -0.0911. The van der Waals surface area contributed by atoms with Crippen molar-refractivity contribution in [3.8, 4) is 18.1 Å². The molecule has 0 spiro atoms. The Labute approximate surface area is 101 Å². The predicted molar refractivity (Wildman–Crippen MR) is 70.2 cm³/mol. The Morgan fingerprint density at radius 1 is 1.18 bits per heavy atom. The highest BCUT2D eigenvalue weighted by Crippen LogP contribution is 2.53. The Morgan fingerprint density at radius 2 is 1.94 bits per heavy atom. The lowest BCUT2D eigenvalue weighted by Gasteiger charge is -2.16. The molecule has 0 heterocycles. The molecule has 0 saturated heterocycles. The molecule has 0 aliphatic heterocycles. The molecule has 0 atom stereocenters. The van der Waals surface area contributed by atoms with Crippen LogP contribution < -0.4 is 4.74 Å². The van der Waals surface area contributed by atoms with Crippen LogP contribution in [-0.4, -0.2) is 7.11 Å². The number of fused-ring (bicyclic) bond motifs is 1. The maximum Gasteiger partial charge on any atom is 0.124 e. The van der Waals surface area contributed by atoms with Crippen molar-refractivity contribution >= 4 is 10.8 Å². The first-order valence-corrected chi connectivity index (χ1v) is 5.85. The van der Waals surface area contributed by atoms with Gasteiger partial charge in [-0.3, -0.25) is 0 Å². The van der Waals surface area contributed by atoms with Crippen molar-refractivity contribution in [2.45, 2.75) is 18.3 Å². The van der Waals surface area contributed by atoms with Gasteiger partial charge in [0, 0.05) is 5.56 Å². The zero-order valence-electron chi connectivity index (χ0n) is 9.86. The van der Waals surface area contributed by atoms with Gasteiger partial charge in [0.2, 0.25) is 0 Å². The average molecular weight is 222 g/mol. The van der Waals surface area contributed by atoms with Gasteiger partial charge in [0.25, 0.3) is 0 Å². The van der Waals surface area contributed by atoms with Crippen LogP contribution in [0.5, 0.6) is 5.75 Å². The van der Waals surface area contributed by atoms with E-state index in [-0.39, 0.29) is 5.41 Å². The fourth-order valence-electron chi connectivity index (χ4n) is 2.51. The first kappa shape index (κ1) is 10.2. The Morgan fingerprint density at radius 3 is 2.59 bits per heavy atom. The van der Waals surface area contributed by atoms with E-state index < -0.39 is 0 Å². The standard InChI is InChI=1S/C16H14O/c1-3-16(10-11-16)15-13-7-5-4-6-12(13)8-9-14(15)17-2/h1,4-9H,10-11H2,2H3. The Kier molecular flexibility index (Phi) is 2.12. The smallest absolute Gasteiger partial charge is 0.124 e. The Balaban J connectivity index is 2.37. The molecular weight excluding hydrogens is 208 g/mol. The van der Waals surface area contributed by atoms with Gasteiger partial charge in [0.1, 0.15) is 5.75 Å². The van der Waals surface area contributed by atoms with Gasteiger partial charge in [-0.2, -0.15) is 0 Å². The molecule has 1 aliphatic carbocycles. The second kappa shape index (κ2) is 3.53. The van der Waals surface area contributed by atoms with Crippen molar-refractivity contribution in [1.82, 2.24) is 0 Å². The summed E-state index contributed by atoms with van der Waals surface area (Å²) in [5.74, 6) is 3.87. The highest BCUT2D eigenvalue weighted by atomic mass is 16.5. The van der Waals surface area contributed by atoms with E-state index in [9.17, 15) is 0 Å². The maximum atomic E-state index is 5.71. The van der Waals surface area contributed by atoms with E-state index >= 15 is 0 Å². The number of hydrogen-bond acceptors (Lipinski definition) is 1. The lowest BCUT2D eigenvalue weighted by molar-refractivity contribution is 0.408. The van der Waals surface area contributed by atoms with E-state index in [0.29, 0.717) is 0 Å². The first-order chi connectivity index (χ1) is 8.30. The van der Waals surface area contributed by atoms with Crippen LogP contribution in [0.4, 0.5) is 0 Å². The lowest BCUT2D eigenvalue weighted by atomic mass is 9.90. The van der Waals surface area contributed by atoms with Gasteiger partial charge in [-0.15, -0.1) is 6.42 Å². The quantitative estimate of drug-likeness (QED) is 0.706. The maximum absolute atomic E-state index is 5.71. The summed E-state index contributed by atoms with van der Waals surface area (Å²) in [6, 6.07) is 12.5. The van der Waals surface area contributed by atoms with Crippen molar-refractivity contribution in [1.29, 1.82) is 0 Å². The fraction of sp³-hybridized carbons (Fsp3) is 0.250. The zero-order chi connectivity index (χ0) is 11.9. The van der Waals surface area contributed by atoms with Crippen molar-refractivity contribution < 1.29 is 4.74 Å². The summed E-state index contributed by atoms with van der Waals surface area (Å²) < 4.78 is 5.49. The number of benzene rings is 2. The van der Waals surface area contributed by atoms with Gasteiger partial charge in [-0.05, 0) is 29.7 Å². The summed E-state index contributed by atoms with van der Waals surface area (Å²) in [6.45, 7) is 0. The van der Waals surface area contributed by atoms with Gasteiger partial charge in [0.15, 0.2) is 0 Å². The van der Waals surface area contributed by atoms with Gasteiger partial charge in [-0.1, -0.05) is 36.3 Å². The second-order valence-corrected chi connectivity index (χ2v) is 4.59. The van der Waals surface area contributed by atoms with E-state index in [2.05, 4.69) is 30.2 Å². The summed E-state index contributed by atoms with van der Waals surface area (Å²) >= 11 is 0. The molecule has 0 bridgehead atoms. The van der Waals surface area contributed by atoms with Crippen molar-refractivity contribution in [2.24, 2.45) is 0 Å². The van der Waals surface area contributed by atoms with E-state index in [0.717, 1.165) is 18.6 Å². The molecule has 0 N–H and O–H groups in total. The van der Waals surface area contributed by atoms with Crippen LogP contribution in [0.3, 0.4) is 0 Å². The van der Waals surface area contributed by atoms with Crippen molar-refractivity contribution in [3.63, 3.8) is 0 Å². The molecule has 1 fully saturated rings. The predicted octanol–water partition coefficient (Wildman–Crippen LogP) is 3.51. The number of methoxy groups -OCH3 is 1. The minimum Gasteiger partial charge on any atom is -0.496 e. The number of rotatable bonds is 2. The largest absolute Gasteiger partial charge is 0.496 e. The molecule has 2 aromatic rings. The SMILES string of the molecule is C#CC1(c2c(OC)ccc3ccccc23)CC1. The molecule has 1 aliphatic rings. The molecule has 0 aromatic heterocycles. The van der Waals surface area contributed by atoms with E-state index in [1.165, 1.54) is 16.3 Å². The van der Waals surface area contributed by atoms with Gasteiger partial charge in [0.05, 0.1) is 12.5 Å². The fourth-order valence-corrected chi connectivity index (χ4v) is 2.51. The van der Waals surface area contributed by atoms with E-state index in [1.807, 2.05) is 12.1 Å². The third-order valence-electron chi connectivity index (χ3n) is 3.62. The third-order valence-corrected chi connectivity index (χ3v) is 3.62. The van der Waals surface area contributed by atoms with Crippen LogP contribution >= 0.6 is 0 Å². The monoisotopic (exact) mass is 222 g/mol. The Hall–Kier alpha value is -1.94. The molecule has 3 rings (SSSR count). The summed E-state index contributed by atoms with van der Waals surface area (Å²) in [6.07, 6.45) is 7.84. The number of hydrogen-bond donors (Lipinski definition) is 0. The van der Waals surface area contributed by atoms with E-state index in [1.54, 1.807) is 7.11 Å². The Bertz CT molecular complexity index is 615. The topological polar surface area (TPSA) is 9.23 Å². The van der Waals surface area contributed by atoms with Gasteiger partial charge >= 0.3 is 0 Å². The van der Waals surface area contributed by atoms with Crippen LogP contribution in [0, 0.1) is 12.3 Å². The minimum absolute atomic E-state index is 0.0911. The lowest BCUT2D eigenvalue weighted by Crippen LogP contribution is -2.06. The van der Waals surface area contributed by atoms with Crippen LogP contribution in [0.1, 0.15) is 18.4 Å². The molecule has 1 nitrogen and oxygen atoms in total. The molecular formula is C16H14O. The highest BCUT2D eigenvalue weighted by molar-refractivity contribution is 5.90. The van der Waals surface area contributed by atoms with Crippen LogP contribution in [0.2, 0.25) is 0 Å². The van der Waals surface area contributed by atoms with Gasteiger partial charge in [-0.25, -0.2) is 0 Å². The summed E-state index contributed by atoms with van der Waals surface area (Å²) in [7, 11) is 1.71. The average Bonchev–Trinajstić information content (AvgIpc) is 3.18. The van der Waals surface area contributed by atoms with Crippen molar-refractivity contribution in [3.05, 3.63) is 42.0 Å². The normalized spacial score (nSPS) is 16.5. The third kappa shape index (κ3) is 1.41. The summed E-state index contributed by atoms with van der Waals surface area (Å²) in [5, 5.41) is 2.45. The molecule has 17 heavy (non-hydrogen) atoms. The molecule has 2 aromatic carbocycles. The zero-order valence-corrected chi connectivity index (χ0v) is 9.86. The molecule has 84 valence electrons. The van der Waals surface area contributed by atoms with Crippen LogP contribution in [-0.2, 0) is 5.41 Å². The first-order valence-electron chi connectivity index (χ1n) is 5.85. The van der Waals surface area contributed by atoms with Gasteiger partial charge < -0.3 is 4.74 Å². The van der Waals surface area contributed by atoms with Crippen molar-refractivity contribution in [2.75, 3.05) is 7.11 Å². The number of terminal acetylenes is 1. The second-order valence-electron chi connectivity index (χ2n) is 4.59. The molecule has 0 radical (unpaired) electrons. The summed E-state index contributed by atoms with van der Waals surface area (Å²) in [5.41, 5.74) is 1.10. The molecule has 0 amide bonds. The molecule has 0 unspecified atom stereocenters. The molecule has 1 saturated carbocycles.